The van der Waals surface area contributed by atoms with Crippen LogP contribution in [0.4, 0.5) is 4.79 Å². The van der Waals surface area contributed by atoms with E-state index in [1.165, 1.54) is 0 Å². The number of carbonyl (C=O) groups excluding carboxylic acids is 1. The van der Waals surface area contributed by atoms with Crippen LogP contribution < -0.4 is 10.6 Å². The number of ether oxygens (including phenoxy) is 1. The summed E-state index contributed by atoms with van der Waals surface area (Å²) in [6, 6.07) is 0.673. The maximum atomic E-state index is 11.5. The van der Waals surface area contributed by atoms with E-state index in [1.54, 1.807) is 0 Å². The van der Waals surface area contributed by atoms with Crippen molar-refractivity contribution in [3.8, 4) is 0 Å². The van der Waals surface area contributed by atoms with E-state index in [9.17, 15) is 9.59 Å². The summed E-state index contributed by atoms with van der Waals surface area (Å²) in [5.74, 6) is -0.767. The Bertz CT molecular complexity index is 346. The predicted molar refractivity (Wildman–Crippen MR) is 75.6 cm³/mol. The lowest BCUT2D eigenvalue weighted by Crippen LogP contribution is -2.54. The lowest BCUT2D eigenvalue weighted by atomic mass is 9.86. The van der Waals surface area contributed by atoms with Gasteiger partial charge in [-0.05, 0) is 47.0 Å². The van der Waals surface area contributed by atoms with Crippen LogP contribution >= 0.6 is 0 Å². The summed E-state index contributed by atoms with van der Waals surface area (Å²) in [5.41, 5.74) is -0.475. The zero-order valence-electron chi connectivity index (χ0n) is 12.7. The van der Waals surface area contributed by atoms with Crippen molar-refractivity contribution < 1.29 is 19.4 Å². The summed E-state index contributed by atoms with van der Waals surface area (Å²) in [6.45, 7) is 7.49. The Labute approximate surface area is 120 Å². The number of carboxylic acids is 1. The van der Waals surface area contributed by atoms with Crippen molar-refractivity contribution >= 4 is 12.1 Å². The third-order valence-corrected chi connectivity index (χ3v) is 3.17. The van der Waals surface area contributed by atoms with E-state index >= 15 is 0 Å². The molecule has 1 fully saturated rings. The molecule has 1 aliphatic carbocycles. The van der Waals surface area contributed by atoms with E-state index in [-0.39, 0.29) is 24.6 Å². The van der Waals surface area contributed by atoms with Crippen LogP contribution in [0.5, 0.6) is 0 Å². The number of rotatable bonds is 6. The van der Waals surface area contributed by atoms with Crippen molar-refractivity contribution in [1.82, 2.24) is 10.6 Å². The van der Waals surface area contributed by atoms with Crippen molar-refractivity contribution in [2.45, 2.75) is 77.1 Å². The first kappa shape index (κ1) is 16.8. The van der Waals surface area contributed by atoms with Crippen LogP contribution in [0, 0.1) is 0 Å². The van der Waals surface area contributed by atoms with Gasteiger partial charge in [0.25, 0.3) is 0 Å². The van der Waals surface area contributed by atoms with Gasteiger partial charge in [-0.3, -0.25) is 4.79 Å². The molecule has 1 aliphatic rings. The normalized spacial score (nSPS) is 23.6. The van der Waals surface area contributed by atoms with E-state index in [1.807, 2.05) is 27.7 Å². The highest BCUT2D eigenvalue weighted by Crippen LogP contribution is 2.21. The van der Waals surface area contributed by atoms with Gasteiger partial charge in [0.2, 0.25) is 0 Å². The summed E-state index contributed by atoms with van der Waals surface area (Å²) in [4.78, 5) is 22.0. The largest absolute Gasteiger partial charge is 0.481 e. The molecule has 1 atom stereocenters. The van der Waals surface area contributed by atoms with Crippen LogP contribution in [0.15, 0.2) is 0 Å². The van der Waals surface area contributed by atoms with Crippen molar-refractivity contribution in [1.29, 1.82) is 0 Å². The maximum Gasteiger partial charge on any atom is 0.407 e. The van der Waals surface area contributed by atoms with Crippen LogP contribution in [0.1, 0.15) is 53.4 Å². The minimum Gasteiger partial charge on any atom is -0.481 e. The summed E-state index contributed by atoms with van der Waals surface area (Å²) in [6.07, 6.45) is 2.14. The van der Waals surface area contributed by atoms with Crippen molar-refractivity contribution in [3.05, 3.63) is 0 Å². The highest BCUT2D eigenvalue weighted by molar-refractivity contribution is 5.68. The van der Waals surface area contributed by atoms with E-state index in [4.69, 9.17) is 9.84 Å². The Morgan fingerprint density at radius 1 is 1.30 bits per heavy atom. The lowest BCUT2D eigenvalue weighted by Gasteiger charge is -2.38. The molecule has 6 nitrogen and oxygen atoms in total. The first-order valence-electron chi connectivity index (χ1n) is 7.13. The fourth-order valence-corrected chi connectivity index (χ4v) is 2.17. The molecule has 0 aromatic rings. The van der Waals surface area contributed by atoms with E-state index in [0.29, 0.717) is 12.5 Å². The first-order valence-corrected chi connectivity index (χ1v) is 7.13. The van der Waals surface area contributed by atoms with Gasteiger partial charge in [-0.2, -0.15) is 0 Å². The molecule has 0 aromatic carbocycles. The zero-order valence-corrected chi connectivity index (χ0v) is 12.7. The molecular weight excluding hydrogens is 260 g/mol. The van der Waals surface area contributed by atoms with Gasteiger partial charge >= 0.3 is 12.1 Å². The summed E-state index contributed by atoms with van der Waals surface area (Å²) >= 11 is 0. The molecule has 1 saturated carbocycles. The summed E-state index contributed by atoms with van der Waals surface area (Å²) < 4.78 is 5.19. The molecule has 0 bridgehead atoms. The van der Waals surface area contributed by atoms with Gasteiger partial charge in [-0.25, -0.2) is 4.79 Å². The second-order valence-electron chi connectivity index (χ2n) is 6.51. The van der Waals surface area contributed by atoms with Crippen LogP contribution in [0.3, 0.4) is 0 Å². The monoisotopic (exact) mass is 286 g/mol. The zero-order chi connectivity index (χ0) is 15.3. The molecule has 20 heavy (non-hydrogen) atoms. The van der Waals surface area contributed by atoms with Gasteiger partial charge in [0.05, 0.1) is 0 Å². The fourth-order valence-electron chi connectivity index (χ4n) is 2.17. The molecule has 116 valence electrons. The fraction of sp³-hybridized carbons (Fsp3) is 0.857. The number of carbonyl (C=O) groups is 2. The highest BCUT2D eigenvalue weighted by Gasteiger charge is 2.32. The highest BCUT2D eigenvalue weighted by atomic mass is 16.6. The van der Waals surface area contributed by atoms with Crippen LogP contribution in [-0.2, 0) is 9.53 Å². The molecule has 0 radical (unpaired) electrons. The number of aliphatic carboxylic acids is 1. The Morgan fingerprint density at radius 3 is 2.40 bits per heavy atom. The molecule has 3 N–H and O–H groups in total. The molecule has 1 unspecified atom stereocenters. The van der Waals surface area contributed by atoms with E-state index in [0.717, 1.165) is 12.8 Å². The van der Waals surface area contributed by atoms with Gasteiger partial charge < -0.3 is 20.5 Å². The number of carboxylic acid groups (broad SMARTS) is 1. The minimum absolute atomic E-state index is 0.147. The number of hydrogen-bond acceptors (Lipinski definition) is 4. The topological polar surface area (TPSA) is 87.7 Å². The molecule has 0 saturated heterocycles. The summed E-state index contributed by atoms with van der Waals surface area (Å²) in [7, 11) is 0. The Hall–Kier alpha value is -1.30. The Kier molecular flexibility index (Phi) is 5.80. The first-order chi connectivity index (χ1) is 9.15. The van der Waals surface area contributed by atoms with Crippen molar-refractivity contribution in [2.24, 2.45) is 0 Å². The molecule has 1 amide bonds. The number of nitrogens with one attached hydrogen (secondary N) is 2. The average molecular weight is 286 g/mol. The second-order valence-corrected chi connectivity index (χ2v) is 6.51. The minimum atomic E-state index is -0.767. The van der Waals surface area contributed by atoms with Gasteiger partial charge in [0.15, 0.2) is 0 Å². The molecule has 6 heteroatoms. The molecular formula is C14H26N2O4. The standard InChI is InChI=1S/C14H26N2O4/c1-9(5-6-12(17)18)15-10-7-11(8-10)16-13(19)20-14(2,3)4/h9-11,15H,5-8H2,1-4H3,(H,16,19)(H,17,18). The Morgan fingerprint density at radius 2 is 1.90 bits per heavy atom. The molecule has 0 heterocycles. The second kappa shape index (κ2) is 6.92. The predicted octanol–water partition coefficient (Wildman–Crippen LogP) is 1.89. The average Bonchev–Trinajstić information content (AvgIpc) is 2.20. The van der Waals surface area contributed by atoms with Crippen LogP contribution in [0.25, 0.3) is 0 Å². The van der Waals surface area contributed by atoms with Gasteiger partial charge in [0, 0.05) is 24.5 Å². The molecule has 0 spiro atoms. The number of hydrogen-bond donors (Lipinski definition) is 3. The van der Waals surface area contributed by atoms with E-state index in [2.05, 4.69) is 10.6 Å². The number of amides is 1. The van der Waals surface area contributed by atoms with Gasteiger partial charge in [-0.1, -0.05) is 0 Å². The smallest absolute Gasteiger partial charge is 0.407 e. The van der Waals surface area contributed by atoms with Crippen molar-refractivity contribution in [3.63, 3.8) is 0 Å². The molecule has 1 rings (SSSR count). The van der Waals surface area contributed by atoms with Crippen LogP contribution in [0.2, 0.25) is 0 Å². The third-order valence-electron chi connectivity index (χ3n) is 3.17. The maximum absolute atomic E-state index is 11.5. The third kappa shape index (κ3) is 6.75. The van der Waals surface area contributed by atoms with Crippen molar-refractivity contribution in [2.75, 3.05) is 0 Å². The molecule has 0 aliphatic heterocycles. The molecule has 0 aromatic heterocycles. The number of alkyl carbamates (subject to hydrolysis) is 1. The SMILES string of the molecule is CC(CCC(=O)O)NC1CC(NC(=O)OC(C)(C)C)C1. The quantitative estimate of drug-likeness (QED) is 0.694. The summed E-state index contributed by atoms with van der Waals surface area (Å²) in [5, 5.41) is 14.8. The Balaban J connectivity index is 2.13. The van der Waals surface area contributed by atoms with Gasteiger partial charge in [0.1, 0.15) is 5.60 Å². The van der Waals surface area contributed by atoms with E-state index < -0.39 is 11.6 Å². The van der Waals surface area contributed by atoms with Crippen LogP contribution in [-0.4, -0.2) is 40.9 Å². The van der Waals surface area contributed by atoms with Gasteiger partial charge in [-0.15, -0.1) is 0 Å². The lowest BCUT2D eigenvalue weighted by molar-refractivity contribution is -0.137.